The summed E-state index contributed by atoms with van der Waals surface area (Å²) in [6.45, 7) is 12.9. The van der Waals surface area contributed by atoms with Crippen LogP contribution in [0.15, 0.2) is 18.2 Å². The molecule has 12 heteroatoms. The first-order valence-corrected chi connectivity index (χ1v) is 14.7. The third-order valence-electron chi connectivity index (χ3n) is 6.25. The van der Waals surface area contributed by atoms with Crippen LogP contribution in [-0.4, -0.2) is 60.1 Å². The lowest BCUT2D eigenvalue weighted by atomic mass is 10.00. The first kappa shape index (κ1) is 36.5. The standard InChI is InChI=1S/C30H47NO11/c1-8-12-17-37-27(34)42-30(26(32)33,31-20(5)11-4)19-23-15-16-24(40-28(35)38-21(6)13-9-2)25(18-23)41-29(36)39-22(7)14-10-3/h15-16,18,20-22,31H,8-14,17,19H2,1-7H3,(H,32,33)/t20?,21?,22?,30-/m0/s1. The highest BCUT2D eigenvalue weighted by atomic mass is 16.8. The average Bonchev–Trinajstić information content (AvgIpc) is 2.90. The second kappa shape index (κ2) is 18.8. The minimum absolute atomic E-state index is 0.0733. The number of carbonyl (C=O) groups is 4. The molecule has 0 aromatic heterocycles. The molecule has 0 amide bonds. The van der Waals surface area contributed by atoms with Gasteiger partial charge < -0.3 is 33.5 Å². The summed E-state index contributed by atoms with van der Waals surface area (Å²) >= 11 is 0. The van der Waals surface area contributed by atoms with E-state index < -0.39 is 42.4 Å². The molecule has 0 saturated carbocycles. The van der Waals surface area contributed by atoms with Gasteiger partial charge in [-0.15, -0.1) is 0 Å². The summed E-state index contributed by atoms with van der Waals surface area (Å²) in [6, 6.07) is 3.73. The van der Waals surface area contributed by atoms with E-state index in [1.165, 1.54) is 18.2 Å². The van der Waals surface area contributed by atoms with Gasteiger partial charge in [0.15, 0.2) is 11.5 Å². The fourth-order valence-electron chi connectivity index (χ4n) is 3.87. The number of rotatable bonds is 18. The molecule has 4 atom stereocenters. The van der Waals surface area contributed by atoms with Gasteiger partial charge >= 0.3 is 24.4 Å². The van der Waals surface area contributed by atoms with Crippen LogP contribution in [0, 0.1) is 0 Å². The van der Waals surface area contributed by atoms with Crippen LogP contribution in [0.3, 0.4) is 0 Å². The molecule has 0 bridgehead atoms. The molecule has 2 N–H and O–H groups in total. The van der Waals surface area contributed by atoms with Gasteiger partial charge in [-0.25, -0.2) is 19.2 Å². The van der Waals surface area contributed by atoms with E-state index in [-0.39, 0.29) is 36.1 Å². The number of benzene rings is 1. The van der Waals surface area contributed by atoms with Crippen molar-refractivity contribution in [3.05, 3.63) is 23.8 Å². The van der Waals surface area contributed by atoms with E-state index in [0.717, 1.165) is 19.3 Å². The minimum Gasteiger partial charge on any atom is -0.477 e. The lowest BCUT2D eigenvalue weighted by Gasteiger charge is -2.32. The van der Waals surface area contributed by atoms with Crippen LogP contribution in [0.25, 0.3) is 0 Å². The molecule has 42 heavy (non-hydrogen) atoms. The lowest BCUT2D eigenvalue weighted by molar-refractivity contribution is -0.167. The summed E-state index contributed by atoms with van der Waals surface area (Å²) in [5.41, 5.74) is -1.94. The van der Waals surface area contributed by atoms with Crippen molar-refractivity contribution in [1.82, 2.24) is 5.32 Å². The molecule has 0 aliphatic rings. The maximum Gasteiger partial charge on any atom is 0.514 e. The van der Waals surface area contributed by atoms with E-state index in [2.05, 4.69) is 5.32 Å². The maximum atomic E-state index is 12.6. The van der Waals surface area contributed by atoms with Crippen LogP contribution in [0.2, 0.25) is 0 Å². The quantitative estimate of drug-likeness (QED) is 0.0603. The molecule has 1 aromatic carbocycles. The van der Waals surface area contributed by atoms with E-state index in [1.807, 2.05) is 27.7 Å². The number of unbranched alkanes of at least 4 members (excludes halogenated alkanes) is 1. The van der Waals surface area contributed by atoms with E-state index in [4.69, 9.17) is 28.4 Å². The Labute approximate surface area is 248 Å². The van der Waals surface area contributed by atoms with Gasteiger partial charge in [0.05, 0.1) is 6.61 Å². The molecule has 12 nitrogen and oxygen atoms in total. The molecule has 0 saturated heterocycles. The van der Waals surface area contributed by atoms with Gasteiger partial charge in [0.2, 0.25) is 0 Å². The SMILES string of the molecule is CCCCOC(=O)O[C@](Cc1ccc(OC(=O)OC(C)CCC)c(OC(=O)OC(C)CCC)c1)(NC(C)CC)C(=O)O. The van der Waals surface area contributed by atoms with Gasteiger partial charge in [0.25, 0.3) is 5.72 Å². The van der Waals surface area contributed by atoms with Crippen molar-refractivity contribution >= 4 is 24.4 Å². The highest BCUT2D eigenvalue weighted by Crippen LogP contribution is 2.32. The van der Waals surface area contributed by atoms with Crippen molar-refractivity contribution in [2.24, 2.45) is 0 Å². The second-order valence-electron chi connectivity index (χ2n) is 10.2. The number of nitrogens with one attached hydrogen (secondary N) is 1. The molecule has 0 spiro atoms. The third-order valence-corrected chi connectivity index (χ3v) is 6.25. The minimum atomic E-state index is -2.22. The molecule has 238 valence electrons. The summed E-state index contributed by atoms with van der Waals surface area (Å²) < 4.78 is 31.7. The monoisotopic (exact) mass is 597 g/mol. The second-order valence-corrected chi connectivity index (χ2v) is 10.2. The molecule has 3 unspecified atom stereocenters. The smallest absolute Gasteiger partial charge is 0.477 e. The Hall–Kier alpha value is -3.54. The Morgan fingerprint density at radius 3 is 1.90 bits per heavy atom. The average molecular weight is 598 g/mol. The number of carboxylic acids is 1. The molecule has 1 aromatic rings. The lowest BCUT2D eigenvalue weighted by Crippen LogP contribution is -2.59. The zero-order chi connectivity index (χ0) is 31.7. The van der Waals surface area contributed by atoms with Crippen molar-refractivity contribution in [2.75, 3.05) is 6.61 Å². The van der Waals surface area contributed by atoms with Gasteiger partial charge in [-0.05, 0) is 64.2 Å². The Bertz CT molecular complexity index is 1010. The van der Waals surface area contributed by atoms with E-state index in [9.17, 15) is 24.3 Å². The summed E-state index contributed by atoms with van der Waals surface area (Å²) in [4.78, 5) is 50.0. The number of aliphatic carboxylic acids is 1. The van der Waals surface area contributed by atoms with Crippen molar-refractivity contribution in [2.45, 2.75) is 124 Å². The van der Waals surface area contributed by atoms with Crippen LogP contribution in [-0.2, 0) is 30.2 Å². The van der Waals surface area contributed by atoms with E-state index in [0.29, 0.717) is 25.7 Å². The van der Waals surface area contributed by atoms with E-state index >= 15 is 0 Å². The summed E-state index contributed by atoms with van der Waals surface area (Å²) in [7, 11) is 0. The molecular weight excluding hydrogens is 550 g/mol. The number of carbonyl (C=O) groups excluding carboxylic acids is 3. The molecule has 0 aliphatic carbocycles. The van der Waals surface area contributed by atoms with Crippen LogP contribution in [0.1, 0.15) is 99.0 Å². The predicted octanol–water partition coefficient (Wildman–Crippen LogP) is 6.76. The van der Waals surface area contributed by atoms with Gasteiger partial charge in [-0.3, -0.25) is 5.32 Å². The van der Waals surface area contributed by atoms with Crippen LogP contribution < -0.4 is 14.8 Å². The Morgan fingerprint density at radius 2 is 1.40 bits per heavy atom. The van der Waals surface area contributed by atoms with Crippen molar-refractivity contribution in [3.63, 3.8) is 0 Å². The molecule has 1 rings (SSSR count). The number of hydrogen-bond acceptors (Lipinski definition) is 11. The van der Waals surface area contributed by atoms with Crippen molar-refractivity contribution in [3.8, 4) is 11.5 Å². The summed E-state index contributed by atoms with van der Waals surface area (Å²) in [5, 5.41) is 13.1. The van der Waals surface area contributed by atoms with Gasteiger partial charge in [-0.1, -0.05) is 53.0 Å². The van der Waals surface area contributed by atoms with Crippen molar-refractivity contribution < 1.29 is 52.7 Å². The first-order chi connectivity index (χ1) is 19.9. The molecule has 0 aliphatic heterocycles. The highest BCUT2D eigenvalue weighted by molar-refractivity contribution is 5.80. The normalized spacial score (nSPS) is 14.5. The Morgan fingerprint density at radius 1 is 0.833 bits per heavy atom. The molecule has 0 heterocycles. The van der Waals surface area contributed by atoms with Crippen LogP contribution >= 0.6 is 0 Å². The predicted molar refractivity (Wildman–Crippen MR) is 154 cm³/mol. The number of carboxylic acid groups (broad SMARTS) is 1. The molecule has 0 radical (unpaired) electrons. The summed E-state index contributed by atoms with van der Waals surface area (Å²) in [6.07, 6.45) is 0.296. The fraction of sp³-hybridized carbons (Fsp3) is 0.667. The molecular formula is C30H47NO11. The third kappa shape index (κ3) is 13.0. The van der Waals surface area contributed by atoms with Gasteiger partial charge in [-0.2, -0.15) is 0 Å². The van der Waals surface area contributed by atoms with Crippen LogP contribution in [0.5, 0.6) is 11.5 Å². The summed E-state index contributed by atoms with van der Waals surface area (Å²) in [5.74, 6) is -1.82. The fourth-order valence-corrected chi connectivity index (χ4v) is 3.87. The van der Waals surface area contributed by atoms with E-state index in [1.54, 1.807) is 20.8 Å². The van der Waals surface area contributed by atoms with Crippen LogP contribution in [0.4, 0.5) is 14.4 Å². The largest absolute Gasteiger partial charge is 0.514 e. The Balaban J connectivity index is 3.41. The van der Waals surface area contributed by atoms with Gasteiger partial charge in [0, 0.05) is 12.5 Å². The molecule has 0 fully saturated rings. The topological polar surface area (TPSA) is 156 Å². The Kier molecular flexibility index (Phi) is 16.3. The van der Waals surface area contributed by atoms with Crippen molar-refractivity contribution in [1.29, 1.82) is 0 Å². The number of ether oxygens (including phenoxy) is 6. The highest BCUT2D eigenvalue weighted by Gasteiger charge is 2.44. The zero-order valence-electron chi connectivity index (χ0n) is 25.9. The number of hydrogen-bond donors (Lipinski definition) is 2. The first-order valence-electron chi connectivity index (χ1n) is 14.7. The zero-order valence-corrected chi connectivity index (χ0v) is 25.9. The maximum absolute atomic E-state index is 12.6. The van der Waals surface area contributed by atoms with Gasteiger partial charge in [0.1, 0.15) is 12.2 Å².